The van der Waals surface area contributed by atoms with E-state index in [1.165, 1.54) is 36.4 Å². The Bertz CT molecular complexity index is 1040. The number of hydrogen-bond acceptors (Lipinski definition) is 3. The summed E-state index contributed by atoms with van der Waals surface area (Å²) in [5, 5.41) is 9.90. The van der Waals surface area contributed by atoms with Gasteiger partial charge in [0.05, 0.1) is 5.69 Å². The fourth-order valence-electron chi connectivity index (χ4n) is 2.41. The lowest BCUT2D eigenvalue weighted by atomic mass is 10.1. The molecule has 2 aromatic carbocycles. The van der Waals surface area contributed by atoms with Crippen molar-refractivity contribution >= 4 is 36.7 Å². The molecular formula is C15H9BrF3NO3S. The van der Waals surface area contributed by atoms with Gasteiger partial charge in [-0.3, -0.25) is 0 Å². The molecular weight excluding hydrogens is 411 g/mol. The summed E-state index contributed by atoms with van der Waals surface area (Å²) in [6.07, 6.45) is 0. The molecule has 3 aromatic rings. The first-order valence-corrected chi connectivity index (χ1v) is 8.81. The second-order valence-electron chi connectivity index (χ2n) is 4.99. The molecule has 0 bridgehead atoms. The zero-order valence-corrected chi connectivity index (χ0v) is 14.1. The summed E-state index contributed by atoms with van der Waals surface area (Å²) in [6.45, 7) is 0. The number of hydrogen-bond donors (Lipinski definition) is 2. The number of alkyl halides is 3. The molecule has 0 saturated heterocycles. The first-order valence-electron chi connectivity index (χ1n) is 6.54. The normalized spacial score (nSPS) is 12.7. The third-order valence-electron chi connectivity index (χ3n) is 3.46. The monoisotopic (exact) mass is 419 g/mol. The Kier molecular flexibility index (Phi) is 3.88. The number of phenols is 1. The minimum atomic E-state index is -5.63. The van der Waals surface area contributed by atoms with E-state index in [1.54, 1.807) is 6.07 Å². The zero-order valence-electron chi connectivity index (χ0n) is 11.7. The standard InChI is InChI=1S/C15H9BrF3NO3S/c16-8-5-6-12(21)10(7-8)13-14(24(22,23)15(17,18)19)9-3-1-2-4-11(9)20-13/h1-7,20-21H. The van der Waals surface area contributed by atoms with Crippen LogP contribution in [0.5, 0.6) is 5.75 Å². The van der Waals surface area contributed by atoms with Crippen molar-refractivity contribution in [2.24, 2.45) is 0 Å². The molecule has 0 spiro atoms. The summed E-state index contributed by atoms with van der Waals surface area (Å²) in [4.78, 5) is 1.76. The number of phenolic OH excluding ortho intramolecular Hbond substituents is 1. The topological polar surface area (TPSA) is 70.2 Å². The highest BCUT2D eigenvalue weighted by molar-refractivity contribution is 9.10. The van der Waals surface area contributed by atoms with Gasteiger partial charge >= 0.3 is 5.51 Å². The van der Waals surface area contributed by atoms with Crippen LogP contribution < -0.4 is 0 Å². The number of aromatic amines is 1. The van der Waals surface area contributed by atoms with Crippen LogP contribution in [0.1, 0.15) is 0 Å². The molecule has 1 aromatic heterocycles. The highest BCUT2D eigenvalue weighted by Gasteiger charge is 2.49. The number of halogens is 4. The minimum Gasteiger partial charge on any atom is -0.507 e. The van der Waals surface area contributed by atoms with Crippen LogP contribution in [0.4, 0.5) is 13.2 Å². The molecule has 3 rings (SSSR count). The molecule has 0 aliphatic rings. The second kappa shape index (κ2) is 5.52. The molecule has 2 N–H and O–H groups in total. The number of aromatic hydroxyl groups is 1. The lowest BCUT2D eigenvalue weighted by molar-refractivity contribution is -0.0435. The van der Waals surface area contributed by atoms with Gasteiger partial charge in [0.2, 0.25) is 0 Å². The number of sulfone groups is 1. The molecule has 0 aliphatic carbocycles. The van der Waals surface area contributed by atoms with Crippen molar-refractivity contribution in [3.05, 3.63) is 46.9 Å². The summed E-state index contributed by atoms with van der Waals surface area (Å²) >= 11 is 3.16. The van der Waals surface area contributed by atoms with E-state index in [4.69, 9.17) is 0 Å². The molecule has 1 heterocycles. The summed E-state index contributed by atoms with van der Waals surface area (Å²) in [5.74, 6) is -0.344. The van der Waals surface area contributed by atoms with Gasteiger partial charge in [0.25, 0.3) is 9.84 Å². The first-order chi connectivity index (χ1) is 11.1. The Morgan fingerprint density at radius 1 is 1.08 bits per heavy atom. The van der Waals surface area contributed by atoms with Gasteiger partial charge in [0.15, 0.2) is 0 Å². The summed E-state index contributed by atoms with van der Waals surface area (Å²) in [6, 6.07) is 9.83. The molecule has 0 saturated carbocycles. The van der Waals surface area contributed by atoms with Crippen molar-refractivity contribution < 1.29 is 26.7 Å². The Hall–Kier alpha value is -2.00. The van der Waals surface area contributed by atoms with E-state index in [-0.39, 0.29) is 27.9 Å². The predicted octanol–water partition coefficient (Wildman–Crippen LogP) is 4.60. The lowest BCUT2D eigenvalue weighted by Gasteiger charge is -2.11. The fraction of sp³-hybridized carbons (Fsp3) is 0.0667. The van der Waals surface area contributed by atoms with E-state index in [2.05, 4.69) is 20.9 Å². The van der Waals surface area contributed by atoms with E-state index in [1.807, 2.05) is 0 Å². The number of rotatable bonds is 2. The average Bonchev–Trinajstić information content (AvgIpc) is 2.88. The van der Waals surface area contributed by atoms with Crippen molar-refractivity contribution in [1.82, 2.24) is 4.98 Å². The van der Waals surface area contributed by atoms with E-state index < -0.39 is 20.2 Å². The van der Waals surface area contributed by atoms with Crippen molar-refractivity contribution in [2.75, 3.05) is 0 Å². The first kappa shape index (κ1) is 16.8. The molecule has 4 nitrogen and oxygen atoms in total. The van der Waals surface area contributed by atoms with Gasteiger partial charge in [-0.1, -0.05) is 34.1 Å². The van der Waals surface area contributed by atoms with Crippen LogP contribution in [0.3, 0.4) is 0 Å². The summed E-state index contributed by atoms with van der Waals surface area (Å²) < 4.78 is 64.0. The van der Waals surface area contributed by atoms with Crippen LogP contribution in [0.25, 0.3) is 22.2 Å². The van der Waals surface area contributed by atoms with Gasteiger partial charge in [-0.05, 0) is 24.3 Å². The van der Waals surface area contributed by atoms with Gasteiger partial charge in [0, 0.05) is 20.9 Å². The van der Waals surface area contributed by atoms with Crippen LogP contribution in [0, 0.1) is 0 Å². The number of benzene rings is 2. The molecule has 0 atom stereocenters. The maximum absolute atomic E-state index is 13.1. The number of aromatic nitrogens is 1. The second-order valence-corrected chi connectivity index (χ2v) is 7.78. The molecule has 24 heavy (non-hydrogen) atoms. The van der Waals surface area contributed by atoms with Gasteiger partial charge in [-0.25, -0.2) is 8.42 Å². The predicted molar refractivity (Wildman–Crippen MR) is 86.3 cm³/mol. The molecule has 126 valence electrons. The highest BCUT2D eigenvalue weighted by Crippen LogP contribution is 2.43. The van der Waals surface area contributed by atoms with Crippen molar-refractivity contribution in [3.63, 3.8) is 0 Å². The maximum Gasteiger partial charge on any atom is 0.502 e. The van der Waals surface area contributed by atoms with Crippen LogP contribution in [0.15, 0.2) is 51.8 Å². The van der Waals surface area contributed by atoms with Crippen LogP contribution in [-0.2, 0) is 9.84 Å². The minimum absolute atomic E-state index is 0.0524. The SMILES string of the molecule is O=S(=O)(c1c(-c2cc(Br)ccc2O)[nH]c2ccccc12)C(F)(F)F. The Balaban J connectivity index is 2.46. The third kappa shape index (κ3) is 2.57. The number of H-pyrrole nitrogens is 1. The van der Waals surface area contributed by atoms with Gasteiger partial charge in [0.1, 0.15) is 10.6 Å². The van der Waals surface area contributed by atoms with E-state index in [0.29, 0.717) is 4.47 Å². The van der Waals surface area contributed by atoms with Crippen molar-refractivity contribution in [1.29, 1.82) is 0 Å². The maximum atomic E-state index is 13.1. The van der Waals surface area contributed by atoms with E-state index in [9.17, 15) is 26.7 Å². The number of para-hydroxylation sites is 1. The Morgan fingerprint density at radius 3 is 2.42 bits per heavy atom. The number of nitrogens with one attached hydrogen (secondary N) is 1. The number of fused-ring (bicyclic) bond motifs is 1. The largest absolute Gasteiger partial charge is 0.507 e. The molecule has 0 radical (unpaired) electrons. The van der Waals surface area contributed by atoms with E-state index in [0.717, 1.165) is 0 Å². The third-order valence-corrected chi connectivity index (χ3v) is 5.52. The van der Waals surface area contributed by atoms with Crippen molar-refractivity contribution in [2.45, 2.75) is 10.4 Å². The summed E-state index contributed by atoms with van der Waals surface area (Å²) in [7, 11) is -5.63. The molecule has 0 aliphatic heterocycles. The zero-order chi connectivity index (χ0) is 17.7. The Labute approximate surface area is 143 Å². The fourth-order valence-corrected chi connectivity index (χ4v) is 3.90. The molecule has 0 unspecified atom stereocenters. The summed E-state index contributed by atoms with van der Waals surface area (Å²) in [5.41, 5.74) is -5.61. The van der Waals surface area contributed by atoms with Crippen LogP contribution in [0.2, 0.25) is 0 Å². The smallest absolute Gasteiger partial charge is 0.502 e. The van der Waals surface area contributed by atoms with E-state index >= 15 is 0 Å². The molecule has 0 amide bonds. The molecule has 0 fully saturated rings. The van der Waals surface area contributed by atoms with Gasteiger partial charge in [-0.15, -0.1) is 0 Å². The average molecular weight is 420 g/mol. The van der Waals surface area contributed by atoms with Crippen molar-refractivity contribution in [3.8, 4) is 17.0 Å². The van der Waals surface area contributed by atoms with Crippen LogP contribution >= 0.6 is 15.9 Å². The van der Waals surface area contributed by atoms with Crippen LogP contribution in [-0.4, -0.2) is 24.0 Å². The van der Waals surface area contributed by atoms with Gasteiger partial charge < -0.3 is 10.1 Å². The lowest BCUT2D eigenvalue weighted by Crippen LogP contribution is -2.23. The Morgan fingerprint density at radius 2 is 1.75 bits per heavy atom. The molecule has 9 heteroatoms. The van der Waals surface area contributed by atoms with Gasteiger partial charge in [-0.2, -0.15) is 13.2 Å². The highest BCUT2D eigenvalue weighted by atomic mass is 79.9. The quantitative estimate of drug-likeness (QED) is 0.637.